The van der Waals surface area contributed by atoms with Crippen molar-refractivity contribution in [1.82, 2.24) is 10.6 Å². The van der Waals surface area contributed by atoms with Crippen LogP contribution in [0, 0.1) is 11.3 Å². The molecule has 1 aliphatic carbocycles. The summed E-state index contributed by atoms with van der Waals surface area (Å²) in [5, 5.41) is 13.1. The minimum absolute atomic E-state index is 0.0131. The monoisotopic (exact) mass is 406 g/mol. The summed E-state index contributed by atoms with van der Waals surface area (Å²) in [5.74, 6) is 0.105. The number of rotatable bonds is 7. The quantitative estimate of drug-likeness (QED) is 0.419. The standard InChI is InChI=1S/C24H30N4O2/c1-16(23(29)27-15-17-10-12-19(13-11-17)22(25)26)28-24(30)21-9-5-8-20(14-21)18-6-3-2-4-7-18/h2-4,6-7,10-13,16,20-21H,5,8-9,14-15H2,1H3,(H3,25,26)(H,27,29)(H,28,30)/t16-,20?,21?/m0/s1. The van der Waals surface area contributed by atoms with Gasteiger partial charge in [0.2, 0.25) is 11.8 Å². The number of carbonyl (C=O) groups is 2. The maximum atomic E-state index is 12.7. The van der Waals surface area contributed by atoms with Crippen molar-refractivity contribution in [2.45, 2.75) is 51.1 Å². The molecule has 2 aromatic rings. The van der Waals surface area contributed by atoms with Crippen molar-refractivity contribution in [2.75, 3.05) is 0 Å². The summed E-state index contributed by atoms with van der Waals surface area (Å²) < 4.78 is 0. The Hall–Kier alpha value is -3.15. The van der Waals surface area contributed by atoms with Gasteiger partial charge in [0.1, 0.15) is 11.9 Å². The van der Waals surface area contributed by atoms with Crippen molar-refractivity contribution >= 4 is 17.6 Å². The van der Waals surface area contributed by atoms with Gasteiger partial charge in [-0.3, -0.25) is 15.0 Å². The molecule has 5 N–H and O–H groups in total. The molecular weight excluding hydrogens is 376 g/mol. The van der Waals surface area contributed by atoms with Crippen molar-refractivity contribution in [3.63, 3.8) is 0 Å². The first-order valence-electron chi connectivity index (χ1n) is 10.5. The zero-order chi connectivity index (χ0) is 21.5. The Bertz CT molecular complexity index is 880. The van der Waals surface area contributed by atoms with E-state index in [1.165, 1.54) is 5.56 Å². The Morgan fingerprint density at radius 1 is 1.10 bits per heavy atom. The lowest BCUT2D eigenvalue weighted by molar-refractivity contribution is -0.131. The van der Waals surface area contributed by atoms with Crippen LogP contribution >= 0.6 is 0 Å². The van der Waals surface area contributed by atoms with Gasteiger partial charge >= 0.3 is 0 Å². The van der Waals surface area contributed by atoms with E-state index >= 15 is 0 Å². The second kappa shape index (κ2) is 10.1. The summed E-state index contributed by atoms with van der Waals surface area (Å²) in [5.41, 5.74) is 8.29. The fraction of sp³-hybridized carbons (Fsp3) is 0.375. The number of nitrogen functional groups attached to an aromatic ring is 1. The molecule has 1 saturated carbocycles. The minimum Gasteiger partial charge on any atom is -0.384 e. The molecule has 0 aliphatic heterocycles. The van der Waals surface area contributed by atoms with Gasteiger partial charge in [0.25, 0.3) is 0 Å². The predicted octanol–water partition coefficient (Wildman–Crippen LogP) is 3.07. The third-order valence-electron chi connectivity index (χ3n) is 5.80. The molecule has 0 bridgehead atoms. The van der Waals surface area contributed by atoms with Gasteiger partial charge in [-0.15, -0.1) is 0 Å². The number of carbonyl (C=O) groups excluding carboxylic acids is 2. The van der Waals surface area contributed by atoms with Crippen LogP contribution in [0.25, 0.3) is 0 Å². The number of benzene rings is 2. The van der Waals surface area contributed by atoms with Gasteiger partial charge in [0.05, 0.1) is 0 Å². The van der Waals surface area contributed by atoms with Gasteiger partial charge in [0, 0.05) is 18.0 Å². The molecule has 3 rings (SSSR count). The van der Waals surface area contributed by atoms with Crippen LogP contribution in [0.4, 0.5) is 0 Å². The Morgan fingerprint density at radius 2 is 1.80 bits per heavy atom. The molecule has 1 aliphatic rings. The fourth-order valence-electron chi connectivity index (χ4n) is 4.00. The molecule has 2 amide bonds. The molecule has 3 atom stereocenters. The summed E-state index contributed by atoms with van der Waals surface area (Å²) >= 11 is 0. The van der Waals surface area contributed by atoms with E-state index < -0.39 is 6.04 Å². The highest BCUT2D eigenvalue weighted by Crippen LogP contribution is 2.36. The predicted molar refractivity (Wildman–Crippen MR) is 118 cm³/mol. The van der Waals surface area contributed by atoms with E-state index in [1.807, 2.05) is 30.3 Å². The first-order valence-corrected chi connectivity index (χ1v) is 10.5. The van der Waals surface area contributed by atoms with E-state index in [0.717, 1.165) is 31.2 Å². The van der Waals surface area contributed by atoms with Gasteiger partial charge in [0.15, 0.2) is 0 Å². The molecule has 0 radical (unpaired) electrons. The average Bonchev–Trinajstić information content (AvgIpc) is 2.78. The number of hydrogen-bond acceptors (Lipinski definition) is 3. The highest BCUT2D eigenvalue weighted by atomic mass is 16.2. The topological polar surface area (TPSA) is 108 Å². The maximum Gasteiger partial charge on any atom is 0.242 e. The summed E-state index contributed by atoms with van der Waals surface area (Å²) in [7, 11) is 0. The molecule has 30 heavy (non-hydrogen) atoms. The SMILES string of the molecule is C[C@H](NC(=O)C1CCCC(c2ccccc2)C1)C(=O)NCc1ccc(C(=N)N)cc1. The van der Waals surface area contributed by atoms with Gasteiger partial charge in [-0.1, -0.05) is 61.0 Å². The van der Waals surface area contributed by atoms with Crippen LogP contribution in [0.5, 0.6) is 0 Å². The van der Waals surface area contributed by atoms with Crippen molar-refractivity contribution in [2.24, 2.45) is 11.7 Å². The molecular formula is C24H30N4O2. The number of nitrogens with one attached hydrogen (secondary N) is 3. The Balaban J connectivity index is 1.48. The first-order chi connectivity index (χ1) is 14.4. The molecule has 6 nitrogen and oxygen atoms in total. The molecule has 1 fully saturated rings. The summed E-state index contributed by atoms with van der Waals surface area (Å²) in [6.45, 7) is 2.07. The van der Waals surface area contributed by atoms with Crippen LogP contribution in [0.1, 0.15) is 55.2 Å². The average molecular weight is 407 g/mol. The highest BCUT2D eigenvalue weighted by Gasteiger charge is 2.29. The van der Waals surface area contributed by atoms with Crippen LogP contribution in [0.3, 0.4) is 0 Å². The van der Waals surface area contributed by atoms with E-state index in [2.05, 4.69) is 22.8 Å². The van der Waals surface area contributed by atoms with Crippen molar-refractivity contribution in [1.29, 1.82) is 5.41 Å². The zero-order valence-electron chi connectivity index (χ0n) is 17.4. The third kappa shape index (κ3) is 5.69. The lowest BCUT2D eigenvalue weighted by Gasteiger charge is -2.29. The van der Waals surface area contributed by atoms with Gasteiger partial charge in [-0.25, -0.2) is 0 Å². The van der Waals surface area contributed by atoms with Crippen molar-refractivity contribution in [3.05, 3.63) is 71.3 Å². The normalized spacial score (nSPS) is 19.5. The van der Waals surface area contributed by atoms with E-state index in [1.54, 1.807) is 19.1 Å². The number of hydrogen-bond donors (Lipinski definition) is 4. The van der Waals surface area contributed by atoms with Crippen molar-refractivity contribution in [3.8, 4) is 0 Å². The first kappa shape index (κ1) is 21.6. The van der Waals surface area contributed by atoms with Gasteiger partial charge in [-0.05, 0) is 43.2 Å². The molecule has 2 aromatic carbocycles. The second-order valence-electron chi connectivity index (χ2n) is 8.03. The van der Waals surface area contributed by atoms with Crippen LogP contribution in [-0.2, 0) is 16.1 Å². The van der Waals surface area contributed by atoms with Crippen LogP contribution in [-0.4, -0.2) is 23.7 Å². The number of nitrogens with two attached hydrogens (primary N) is 1. The van der Waals surface area contributed by atoms with E-state index in [4.69, 9.17) is 11.1 Å². The second-order valence-corrected chi connectivity index (χ2v) is 8.03. The third-order valence-corrected chi connectivity index (χ3v) is 5.80. The Morgan fingerprint density at radius 3 is 2.47 bits per heavy atom. The van der Waals surface area contributed by atoms with Gasteiger partial charge in [-0.2, -0.15) is 0 Å². The maximum absolute atomic E-state index is 12.7. The highest BCUT2D eigenvalue weighted by molar-refractivity contribution is 5.94. The summed E-state index contributed by atoms with van der Waals surface area (Å²) in [4.78, 5) is 25.2. The number of amidine groups is 1. The fourth-order valence-corrected chi connectivity index (χ4v) is 4.00. The Labute approximate surface area is 177 Å². The molecule has 0 saturated heterocycles. The van der Waals surface area contributed by atoms with Crippen LogP contribution in [0.2, 0.25) is 0 Å². The Kier molecular flexibility index (Phi) is 7.22. The molecule has 2 unspecified atom stereocenters. The van der Waals surface area contributed by atoms with Crippen LogP contribution < -0.4 is 16.4 Å². The molecule has 6 heteroatoms. The van der Waals surface area contributed by atoms with E-state index in [-0.39, 0.29) is 23.6 Å². The smallest absolute Gasteiger partial charge is 0.242 e. The molecule has 0 heterocycles. The zero-order valence-corrected chi connectivity index (χ0v) is 17.4. The molecule has 0 aromatic heterocycles. The summed E-state index contributed by atoms with van der Waals surface area (Å²) in [6.07, 6.45) is 3.82. The summed E-state index contributed by atoms with van der Waals surface area (Å²) in [6, 6.07) is 16.9. The van der Waals surface area contributed by atoms with E-state index in [9.17, 15) is 9.59 Å². The minimum atomic E-state index is -0.592. The lowest BCUT2D eigenvalue weighted by atomic mass is 9.77. The van der Waals surface area contributed by atoms with E-state index in [0.29, 0.717) is 18.0 Å². The largest absolute Gasteiger partial charge is 0.384 e. The molecule has 158 valence electrons. The van der Waals surface area contributed by atoms with Crippen molar-refractivity contribution < 1.29 is 9.59 Å². The number of amides is 2. The lowest BCUT2D eigenvalue weighted by Crippen LogP contribution is -2.47. The van der Waals surface area contributed by atoms with Gasteiger partial charge < -0.3 is 16.4 Å². The molecule has 0 spiro atoms. The van der Waals surface area contributed by atoms with Crippen LogP contribution in [0.15, 0.2) is 54.6 Å².